The van der Waals surface area contributed by atoms with Crippen molar-refractivity contribution in [3.05, 3.63) is 52.1 Å². The van der Waals surface area contributed by atoms with Crippen molar-refractivity contribution in [3.63, 3.8) is 0 Å². The molecule has 0 aliphatic rings. The number of nitrogens with one attached hydrogen (secondary N) is 1. The fourth-order valence-corrected chi connectivity index (χ4v) is 1.59. The minimum Gasteiger partial charge on any atom is -0.493 e. The molecule has 2 aromatic rings. The lowest BCUT2D eigenvalue weighted by atomic mass is 10.2. The molecule has 1 aromatic carbocycles. The maximum Gasteiger partial charge on any atom is 0.258 e. The predicted molar refractivity (Wildman–Crippen MR) is 66.7 cm³/mol. The van der Waals surface area contributed by atoms with Gasteiger partial charge < -0.3 is 14.8 Å². The molecule has 0 bridgehead atoms. The maximum absolute atomic E-state index is 11.6. The zero-order valence-corrected chi connectivity index (χ0v) is 10.0. The van der Waals surface area contributed by atoms with Crippen LogP contribution in [-0.2, 0) is 13.0 Å². The first kappa shape index (κ1) is 12.2. The summed E-state index contributed by atoms with van der Waals surface area (Å²) in [5, 5.41) is 9.58. The van der Waals surface area contributed by atoms with Crippen molar-refractivity contribution >= 4 is 0 Å². The van der Waals surface area contributed by atoms with Gasteiger partial charge in [0.05, 0.1) is 5.56 Å². The van der Waals surface area contributed by atoms with E-state index in [9.17, 15) is 9.90 Å². The standard InChI is InChI=1S/C13H14N2O3/c1-2-10-12(16)14-11(15-13(10)17)8-18-9-6-4-3-5-7-9/h3-7H,2,8H2,1H3,(H2,14,15,16,17). The van der Waals surface area contributed by atoms with Crippen LogP contribution in [0.15, 0.2) is 35.1 Å². The van der Waals surface area contributed by atoms with Gasteiger partial charge in [-0.25, -0.2) is 0 Å². The van der Waals surface area contributed by atoms with Crippen LogP contribution >= 0.6 is 0 Å². The molecule has 18 heavy (non-hydrogen) atoms. The average molecular weight is 246 g/mol. The van der Waals surface area contributed by atoms with Crippen molar-refractivity contribution < 1.29 is 9.84 Å². The van der Waals surface area contributed by atoms with Crippen LogP contribution in [0.25, 0.3) is 0 Å². The molecule has 5 heteroatoms. The number of aromatic nitrogens is 2. The summed E-state index contributed by atoms with van der Waals surface area (Å²) >= 11 is 0. The summed E-state index contributed by atoms with van der Waals surface area (Å²) in [7, 11) is 0. The third-order valence-corrected chi connectivity index (χ3v) is 2.51. The zero-order chi connectivity index (χ0) is 13.0. The summed E-state index contributed by atoms with van der Waals surface area (Å²) in [5.74, 6) is 0.755. The Balaban J connectivity index is 2.14. The van der Waals surface area contributed by atoms with Crippen molar-refractivity contribution in [1.82, 2.24) is 9.97 Å². The lowest BCUT2D eigenvalue weighted by Crippen LogP contribution is -2.17. The molecule has 0 fully saturated rings. The molecule has 0 spiro atoms. The average Bonchev–Trinajstić information content (AvgIpc) is 2.37. The summed E-state index contributed by atoms with van der Waals surface area (Å²) in [6.45, 7) is 1.89. The Kier molecular flexibility index (Phi) is 3.62. The molecule has 1 aromatic heterocycles. The molecule has 0 amide bonds. The lowest BCUT2D eigenvalue weighted by Gasteiger charge is -2.06. The van der Waals surface area contributed by atoms with E-state index in [1.165, 1.54) is 0 Å². The van der Waals surface area contributed by atoms with E-state index in [1.807, 2.05) is 18.2 Å². The minimum atomic E-state index is -0.323. The number of benzene rings is 1. The minimum absolute atomic E-state index is 0.108. The van der Waals surface area contributed by atoms with Gasteiger partial charge in [-0.2, -0.15) is 4.98 Å². The molecular weight excluding hydrogens is 232 g/mol. The molecular formula is C13H14N2O3. The molecule has 0 atom stereocenters. The Morgan fingerprint density at radius 1 is 1.33 bits per heavy atom. The van der Waals surface area contributed by atoms with E-state index in [1.54, 1.807) is 19.1 Å². The van der Waals surface area contributed by atoms with E-state index in [4.69, 9.17) is 4.74 Å². The van der Waals surface area contributed by atoms with Gasteiger partial charge in [-0.3, -0.25) is 4.79 Å². The van der Waals surface area contributed by atoms with Gasteiger partial charge >= 0.3 is 0 Å². The number of aromatic hydroxyl groups is 1. The maximum atomic E-state index is 11.6. The highest BCUT2D eigenvalue weighted by Crippen LogP contribution is 2.12. The highest BCUT2D eigenvalue weighted by atomic mass is 16.5. The van der Waals surface area contributed by atoms with E-state index in [-0.39, 0.29) is 18.0 Å². The SMILES string of the molecule is CCc1c(O)nc(COc2ccccc2)[nH]c1=O. The van der Waals surface area contributed by atoms with E-state index < -0.39 is 0 Å². The largest absolute Gasteiger partial charge is 0.493 e. The zero-order valence-electron chi connectivity index (χ0n) is 10.0. The van der Waals surface area contributed by atoms with Gasteiger partial charge in [0.25, 0.3) is 5.56 Å². The van der Waals surface area contributed by atoms with E-state index >= 15 is 0 Å². The molecule has 0 radical (unpaired) electrons. The fourth-order valence-electron chi connectivity index (χ4n) is 1.59. The first-order chi connectivity index (χ1) is 8.70. The molecule has 0 unspecified atom stereocenters. The highest BCUT2D eigenvalue weighted by molar-refractivity contribution is 5.23. The summed E-state index contributed by atoms with van der Waals surface area (Å²) in [5.41, 5.74) is -0.0323. The number of aromatic amines is 1. The van der Waals surface area contributed by atoms with Gasteiger partial charge in [0.1, 0.15) is 12.4 Å². The van der Waals surface area contributed by atoms with Gasteiger partial charge in [0.15, 0.2) is 5.82 Å². The van der Waals surface area contributed by atoms with Crippen molar-refractivity contribution in [3.8, 4) is 11.6 Å². The summed E-state index contributed by atoms with van der Waals surface area (Å²) in [4.78, 5) is 18.1. The van der Waals surface area contributed by atoms with Crippen LogP contribution in [0, 0.1) is 0 Å². The quantitative estimate of drug-likeness (QED) is 0.859. The third kappa shape index (κ3) is 2.68. The van der Waals surface area contributed by atoms with Crippen LogP contribution in [-0.4, -0.2) is 15.1 Å². The normalized spacial score (nSPS) is 10.3. The third-order valence-electron chi connectivity index (χ3n) is 2.51. The van der Waals surface area contributed by atoms with E-state index in [0.717, 1.165) is 0 Å². The molecule has 0 aliphatic carbocycles. The smallest absolute Gasteiger partial charge is 0.258 e. The van der Waals surface area contributed by atoms with Crippen LogP contribution in [0.4, 0.5) is 0 Å². The van der Waals surface area contributed by atoms with Crippen LogP contribution in [0.1, 0.15) is 18.3 Å². The summed E-state index contributed by atoms with van der Waals surface area (Å²) < 4.78 is 5.43. The first-order valence-electron chi connectivity index (χ1n) is 5.69. The van der Waals surface area contributed by atoms with Crippen LogP contribution in [0.3, 0.4) is 0 Å². The van der Waals surface area contributed by atoms with Gasteiger partial charge in [0, 0.05) is 0 Å². The number of para-hydroxylation sites is 1. The molecule has 2 rings (SSSR count). The van der Waals surface area contributed by atoms with Gasteiger partial charge in [-0.15, -0.1) is 0 Å². The van der Waals surface area contributed by atoms with E-state index in [0.29, 0.717) is 23.6 Å². The monoisotopic (exact) mass is 246 g/mol. The molecule has 0 saturated carbocycles. The number of ether oxygens (including phenoxy) is 1. The Labute approximate surface area is 104 Å². The van der Waals surface area contributed by atoms with E-state index in [2.05, 4.69) is 9.97 Å². The number of hydrogen-bond donors (Lipinski definition) is 2. The second kappa shape index (κ2) is 5.35. The lowest BCUT2D eigenvalue weighted by molar-refractivity contribution is 0.292. The fraction of sp³-hybridized carbons (Fsp3) is 0.231. The Morgan fingerprint density at radius 2 is 2.06 bits per heavy atom. The molecule has 0 aliphatic heterocycles. The van der Waals surface area contributed by atoms with Crippen LogP contribution in [0.5, 0.6) is 11.6 Å². The summed E-state index contributed by atoms with van der Waals surface area (Å²) in [6.07, 6.45) is 0.438. The molecule has 0 saturated heterocycles. The second-order valence-electron chi connectivity index (χ2n) is 3.77. The topological polar surface area (TPSA) is 75.2 Å². The Bertz CT molecular complexity index is 579. The summed E-state index contributed by atoms with van der Waals surface area (Å²) in [6, 6.07) is 9.19. The molecule has 2 N–H and O–H groups in total. The van der Waals surface area contributed by atoms with Crippen molar-refractivity contribution in [1.29, 1.82) is 0 Å². The van der Waals surface area contributed by atoms with Crippen molar-refractivity contribution in [2.45, 2.75) is 20.0 Å². The number of nitrogens with zero attached hydrogens (tertiary/aromatic N) is 1. The van der Waals surface area contributed by atoms with Crippen molar-refractivity contribution in [2.24, 2.45) is 0 Å². The number of H-pyrrole nitrogens is 1. The predicted octanol–water partition coefficient (Wildman–Crippen LogP) is 1.62. The van der Waals surface area contributed by atoms with Crippen molar-refractivity contribution in [2.75, 3.05) is 0 Å². The molecule has 1 heterocycles. The Hall–Kier alpha value is -2.30. The molecule has 5 nitrogen and oxygen atoms in total. The molecule has 94 valence electrons. The number of hydrogen-bond acceptors (Lipinski definition) is 4. The first-order valence-corrected chi connectivity index (χ1v) is 5.69. The highest BCUT2D eigenvalue weighted by Gasteiger charge is 2.08. The van der Waals surface area contributed by atoms with Gasteiger partial charge in [-0.05, 0) is 18.6 Å². The van der Waals surface area contributed by atoms with Crippen LogP contribution < -0.4 is 10.3 Å². The Morgan fingerprint density at radius 3 is 2.67 bits per heavy atom. The van der Waals surface area contributed by atoms with Gasteiger partial charge in [-0.1, -0.05) is 25.1 Å². The van der Waals surface area contributed by atoms with Gasteiger partial charge in [0.2, 0.25) is 5.88 Å². The number of rotatable bonds is 4. The second-order valence-corrected chi connectivity index (χ2v) is 3.77. The van der Waals surface area contributed by atoms with Crippen LogP contribution in [0.2, 0.25) is 0 Å².